The Hall–Kier alpha value is -2.63. The van der Waals surface area contributed by atoms with Gasteiger partial charge in [-0.25, -0.2) is 4.98 Å². The molecule has 138 valence electrons. The fourth-order valence-electron chi connectivity index (χ4n) is 3.41. The molecule has 1 fully saturated rings. The van der Waals surface area contributed by atoms with Crippen LogP contribution in [0, 0.1) is 5.92 Å². The SMILES string of the molecule is C[C@H](Cn1ccnc1)NC(=O)c1cccc(NC(=O)C2CCCCC2)c1. The molecule has 1 heterocycles. The number of nitrogens with zero attached hydrogens (tertiary/aromatic N) is 2. The predicted molar refractivity (Wildman–Crippen MR) is 101 cm³/mol. The van der Waals surface area contributed by atoms with E-state index in [-0.39, 0.29) is 23.8 Å². The molecular weight excluding hydrogens is 328 g/mol. The molecule has 1 aliphatic carbocycles. The summed E-state index contributed by atoms with van der Waals surface area (Å²) >= 11 is 0. The fourth-order valence-corrected chi connectivity index (χ4v) is 3.41. The smallest absolute Gasteiger partial charge is 0.251 e. The zero-order valence-electron chi connectivity index (χ0n) is 15.1. The summed E-state index contributed by atoms with van der Waals surface area (Å²) in [6, 6.07) is 7.09. The second-order valence-corrected chi connectivity index (χ2v) is 7.04. The fraction of sp³-hybridized carbons (Fsp3) is 0.450. The maximum absolute atomic E-state index is 12.5. The topological polar surface area (TPSA) is 76.0 Å². The lowest BCUT2D eigenvalue weighted by Crippen LogP contribution is -2.35. The molecule has 0 unspecified atom stereocenters. The molecule has 0 bridgehead atoms. The standard InChI is InChI=1S/C20H26N4O2/c1-15(13-24-11-10-21-14-24)22-20(26)17-8-5-9-18(12-17)23-19(25)16-6-3-2-4-7-16/h5,8-12,14-16H,2-4,6-7,13H2,1H3,(H,22,26)(H,23,25)/t15-/m1/s1. The largest absolute Gasteiger partial charge is 0.348 e. The Bertz CT molecular complexity index is 736. The van der Waals surface area contributed by atoms with Crippen LogP contribution in [-0.4, -0.2) is 27.4 Å². The second kappa shape index (κ2) is 8.65. The summed E-state index contributed by atoms with van der Waals surface area (Å²) in [5.74, 6) is 0.0125. The van der Waals surface area contributed by atoms with E-state index >= 15 is 0 Å². The van der Waals surface area contributed by atoms with Gasteiger partial charge in [-0.3, -0.25) is 9.59 Å². The number of carbonyl (C=O) groups is 2. The highest BCUT2D eigenvalue weighted by molar-refractivity contribution is 5.97. The van der Waals surface area contributed by atoms with Crippen LogP contribution in [0.4, 0.5) is 5.69 Å². The molecule has 1 aromatic heterocycles. The monoisotopic (exact) mass is 354 g/mol. The van der Waals surface area contributed by atoms with Gasteiger partial charge in [0.05, 0.1) is 6.33 Å². The van der Waals surface area contributed by atoms with Crippen LogP contribution >= 0.6 is 0 Å². The summed E-state index contributed by atoms with van der Waals surface area (Å²) in [5, 5.41) is 5.94. The van der Waals surface area contributed by atoms with E-state index in [0.29, 0.717) is 17.8 Å². The third-order valence-electron chi connectivity index (χ3n) is 4.79. The van der Waals surface area contributed by atoms with E-state index in [0.717, 1.165) is 25.7 Å². The minimum Gasteiger partial charge on any atom is -0.348 e. The first kappa shape index (κ1) is 18.2. The van der Waals surface area contributed by atoms with Crippen LogP contribution in [-0.2, 0) is 11.3 Å². The van der Waals surface area contributed by atoms with E-state index < -0.39 is 0 Å². The number of hydrogen-bond acceptors (Lipinski definition) is 3. The van der Waals surface area contributed by atoms with Gasteiger partial charge in [-0.05, 0) is 38.0 Å². The molecule has 6 heteroatoms. The first-order valence-corrected chi connectivity index (χ1v) is 9.29. The lowest BCUT2D eigenvalue weighted by Gasteiger charge is -2.21. The number of amides is 2. The molecule has 2 N–H and O–H groups in total. The van der Waals surface area contributed by atoms with E-state index in [9.17, 15) is 9.59 Å². The van der Waals surface area contributed by atoms with E-state index in [4.69, 9.17) is 0 Å². The van der Waals surface area contributed by atoms with Crippen molar-refractivity contribution in [1.29, 1.82) is 0 Å². The summed E-state index contributed by atoms with van der Waals surface area (Å²) in [6.45, 7) is 2.61. The number of nitrogens with one attached hydrogen (secondary N) is 2. The van der Waals surface area contributed by atoms with Crippen molar-refractivity contribution in [2.45, 2.75) is 51.6 Å². The molecule has 0 radical (unpaired) electrons. The molecular formula is C20H26N4O2. The van der Waals surface area contributed by atoms with E-state index in [1.165, 1.54) is 6.42 Å². The molecule has 2 aromatic rings. The molecule has 26 heavy (non-hydrogen) atoms. The van der Waals surface area contributed by atoms with Crippen molar-refractivity contribution < 1.29 is 9.59 Å². The van der Waals surface area contributed by atoms with Crippen molar-refractivity contribution in [3.8, 4) is 0 Å². The van der Waals surface area contributed by atoms with Gasteiger partial charge >= 0.3 is 0 Å². The van der Waals surface area contributed by atoms with Crippen LogP contribution in [0.15, 0.2) is 43.0 Å². The van der Waals surface area contributed by atoms with Gasteiger partial charge < -0.3 is 15.2 Å². The predicted octanol–water partition coefficient (Wildman–Crippen LogP) is 3.22. The Morgan fingerprint density at radius 3 is 2.81 bits per heavy atom. The maximum Gasteiger partial charge on any atom is 0.251 e. The summed E-state index contributed by atoms with van der Waals surface area (Å²) in [7, 11) is 0. The Morgan fingerprint density at radius 1 is 1.27 bits per heavy atom. The Morgan fingerprint density at radius 2 is 2.08 bits per heavy atom. The normalized spacial score (nSPS) is 16.0. The van der Waals surface area contributed by atoms with Gasteiger partial charge in [0.15, 0.2) is 0 Å². The highest BCUT2D eigenvalue weighted by Gasteiger charge is 2.21. The number of aromatic nitrogens is 2. The second-order valence-electron chi connectivity index (χ2n) is 7.04. The van der Waals surface area contributed by atoms with E-state index in [1.807, 2.05) is 23.8 Å². The lowest BCUT2D eigenvalue weighted by atomic mass is 9.88. The van der Waals surface area contributed by atoms with Crippen molar-refractivity contribution in [3.63, 3.8) is 0 Å². The van der Waals surface area contributed by atoms with Gasteiger partial charge in [0.25, 0.3) is 5.91 Å². The molecule has 0 aliphatic heterocycles. The molecule has 1 saturated carbocycles. The summed E-state index contributed by atoms with van der Waals surface area (Å²) in [6.07, 6.45) is 10.7. The molecule has 0 spiro atoms. The number of anilines is 1. The molecule has 2 amide bonds. The van der Waals surface area contributed by atoms with Crippen LogP contribution in [0.25, 0.3) is 0 Å². The average molecular weight is 354 g/mol. The Labute approximate surface area is 154 Å². The van der Waals surface area contributed by atoms with Gasteiger partial charge in [-0.1, -0.05) is 25.3 Å². The summed E-state index contributed by atoms with van der Waals surface area (Å²) < 4.78 is 1.92. The molecule has 6 nitrogen and oxygen atoms in total. The number of hydrogen-bond donors (Lipinski definition) is 2. The number of rotatable bonds is 6. The highest BCUT2D eigenvalue weighted by atomic mass is 16.2. The zero-order chi connectivity index (χ0) is 18.4. The number of carbonyl (C=O) groups excluding carboxylic acids is 2. The minimum absolute atomic E-state index is 0.0304. The zero-order valence-corrected chi connectivity index (χ0v) is 15.1. The molecule has 1 aliphatic rings. The average Bonchev–Trinajstić information content (AvgIpc) is 3.15. The van der Waals surface area contributed by atoms with Crippen LogP contribution in [0.5, 0.6) is 0 Å². The highest BCUT2D eigenvalue weighted by Crippen LogP contribution is 2.25. The van der Waals surface area contributed by atoms with Gasteiger partial charge in [0.2, 0.25) is 5.91 Å². The summed E-state index contributed by atoms with van der Waals surface area (Å²) in [4.78, 5) is 28.9. The van der Waals surface area contributed by atoms with Crippen molar-refractivity contribution in [2.24, 2.45) is 5.92 Å². The summed E-state index contributed by atoms with van der Waals surface area (Å²) in [5.41, 5.74) is 1.22. The molecule has 1 aromatic carbocycles. The molecule has 3 rings (SSSR count). The van der Waals surface area contributed by atoms with E-state index in [1.54, 1.807) is 30.7 Å². The third-order valence-corrected chi connectivity index (χ3v) is 4.79. The van der Waals surface area contributed by atoms with Crippen molar-refractivity contribution in [2.75, 3.05) is 5.32 Å². The van der Waals surface area contributed by atoms with Gasteiger partial charge in [0.1, 0.15) is 0 Å². The van der Waals surface area contributed by atoms with Gasteiger partial charge in [0, 0.05) is 42.1 Å². The van der Waals surface area contributed by atoms with Crippen LogP contribution in [0.1, 0.15) is 49.4 Å². The first-order valence-electron chi connectivity index (χ1n) is 9.29. The molecule has 0 saturated heterocycles. The quantitative estimate of drug-likeness (QED) is 0.836. The van der Waals surface area contributed by atoms with Crippen LogP contribution < -0.4 is 10.6 Å². The third kappa shape index (κ3) is 4.94. The van der Waals surface area contributed by atoms with Gasteiger partial charge in [-0.15, -0.1) is 0 Å². The Kier molecular flexibility index (Phi) is 6.04. The van der Waals surface area contributed by atoms with Gasteiger partial charge in [-0.2, -0.15) is 0 Å². The van der Waals surface area contributed by atoms with Crippen molar-refractivity contribution in [1.82, 2.24) is 14.9 Å². The maximum atomic E-state index is 12.5. The number of benzene rings is 1. The lowest BCUT2D eigenvalue weighted by molar-refractivity contribution is -0.120. The Balaban J connectivity index is 1.57. The van der Waals surface area contributed by atoms with Crippen molar-refractivity contribution in [3.05, 3.63) is 48.5 Å². The van der Waals surface area contributed by atoms with Crippen molar-refractivity contribution >= 4 is 17.5 Å². The van der Waals surface area contributed by atoms with Crippen LogP contribution in [0.2, 0.25) is 0 Å². The number of imidazole rings is 1. The first-order chi connectivity index (χ1) is 12.6. The van der Waals surface area contributed by atoms with Crippen LogP contribution in [0.3, 0.4) is 0 Å². The molecule has 1 atom stereocenters. The van der Waals surface area contributed by atoms with E-state index in [2.05, 4.69) is 15.6 Å². The minimum atomic E-state index is -0.147.